The summed E-state index contributed by atoms with van der Waals surface area (Å²) < 4.78 is 18.6. The number of methoxy groups -OCH3 is 1. The molecule has 0 saturated heterocycles. The first kappa shape index (κ1) is 12.3. The van der Waals surface area contributed by atoms with Gasteiger partial charge >= 0.3 is 0 Å². The molecule has 0 aliphatic rings. The second kappa shape index (κ2) is 5.44. The second-order valence-electron chi connectivity index (χ2n) is 3.81. The molecule has 1 aromatic heterocycles. The Morgan fingerprint density at radius 2 is 2.06 bits per heavy atom. The summed E-state index contributed by atoms with van der Waals surface area (Å²) in [4.78, 5) is 8.18. The molecule has 1 N–H and O–H groups in total. The summed E-state index contributed by atoms with van der Waals surface area (Å²) in [7, 11) is 1.53. The topological polar surface area (TPSA) is 47.0 Å². The molecule has 1 unspecified atom stereocenters. The Balaban J connectivity index is 2.16. The molecule has 0 aliphatic heterocycles. The van der Waals surface area contributed by atoms with Crippen LogP contribution < -0.4 is 10.1 Å². The molecule has 1 heterocycles. The largest absolute Gasteiger partial charge is 0.481 e. The van der Waals surface area contributed by atoms with Crippen LogP contribution in [0.4, 0.5) is 10.3 Å². The van der Waals surface area contributed by atoms with Gasteiger partial charge < -0.3 is 10.1 Å². The lowest BCUT2D eigenvalue weighted by atomic mass is 10.1. The minimum absolute atomic E-state index is 0.224. The van der Waals surface area contributed by atoms with Crippen LogP contribution in [0.2, 0.25) is 0 Å². The normalized spacial score (nSPS) is 11.9. The van der Waals surface area contributed by atoms with E-state index >= 15 is 0 Å². The number of rotatable bonds is 4. The number of hydrogen-bond donors (Lipinski definition) is 1. The van der Waals surface area contributed by atoms with Crippen molar-refractivity contribution >= 4 is 5.95 Å². The third kappa shape index (κ3) is 2.74. The van der Waals surface area contributed by atoms with Crippen molar-refractivity contribution in [3.8, 4) is 5.88 Å². The van der Waals surface area contributed by atoms with Crippen molar-refractivity contribution in [1.82, 2.24) is 9.97 Å². The summed E-state index contributed by atoms with van der Waals surface area (Å²) in [5.41, 5.74) is 0.573. The summed E-state index contributed by atoms with van der Waals surface area (Å²) in [5, 5.41) is 3.03. The molecule has 0 saturated carbocycles. The Morgan fingerprint density at radius 1 is 1.28 bits per heavy atom. The second-order valence-corrected chi connectivity index (χ2v) is 3.81. The van der Waals surface area contributed by atoms with E-state index in [-0.39, 0.29) is 11.9 Å². The van der Waals surface area contributed by atoms with Crippen molar-refractivity contribution in [2.45, 2.75) is 13.0 Å². The summed E-state index contributed by atoms with van der Waals surface area (Å²) in [6.07, 6.45) is 1.59. The lowest BCUT2D eigenvalue weighted by Crippen LogP contribution is -2.11. The maximum atomic E-state index is 13.6. The highest BCUT2D eigenvalue weighted by molar-refractivity contribution is 5.33. The van der Waals surface area contributed by atoms with E-state index in [0.717, 1.165) is 0 Å². The number of halogens is 1. The van der Waals surface area contributed by atoms with Crippen molar-refractivity contribution < 1.29 is 9.13 Å². The molecule has 0 spiro atoms. The summed E-state index contributed by atoms with van der Waals surface area (Å²) in [6.45, 7) is 1.85. The first-order valence-corrected chi connectivity index (χ1v) is 5.58. The van der Waals surface area contributed by atoms with Crippen LogP contribution in [0, 0.1) is 5.82 Å². The molecule has 0 radical (unpaired) electrons. The maximum absolute atomic E-state index is 13.6. The van der Waals surface area contributed by atoms with Crippen molar-refractivity contribution in [2.75, 3.05) is 12.4 Å². The van der Waals surface area contributed by atoms with Gasteiger partial charge in [-0.1, -0.05) is 18.2 Å². The SMILES string of the molecule is COc1ccnc(NC(C)c2ccccc2F)n1. The number of hydrogen-bond acceptors (Lipinski definition) is 4. The average Bonchev–Trinajstić information content (AvgIpc) is 2.39. The van der Waals surface area contributed by atoms with Crippen molar-refractivity contribution in [2.24, 2.45) is 0 Å². The van der Waals surface area contributed by atoms with Crippen LogP contribution >= 0.6 is 0 Å². The van der Waals surface area contributed by atoms with Crippen LogP contribution in [0.15, 0.2) is 36.5 Å². The van der Waals surface area contributed by atoms with E-state index in [1.165, 1.54) is 13.2 Å². The highest BCUT2D eigenvalue weighted by Gasteiger charge is 2.11. The third-order valence-corrected chi connectivity index (χ3v) is 2.56. The van der Waals surface area contributed by atoms with Crippen LogP contribution in [0.3, 0.4) is 0 Å². The molecular weight excluding hydrogens is 233 g/mol. The summed E-state index contributed by atoms with van der Waals surface area (Å²) in [6, 6.07) is 8.04. The first-order chi connectivity index (χ1) is 8.70. The number of nitrogens with one attached hydrogen (secondary N) is 1. The van der Waals surface area contributed by atoms with Gasteiger partial charge in [0.05, 0.1) is 13.2 Å². The average molecular weight is 247 g/mol. The summed E-state index contributed by atoms with van der Waals surface area (Å²) >= 11 is 0. The molecule has 2 rings (SSSR count). The fraction of sp³-hybridized carbons (Fsp3) is 0.231. The number of ether oxygens (including phenoxy) is 1. The molecular formula is C13H14FN3O. The lowest BCUT2D eigenvalue weighted by Gasteiger charge is -2.14. The van der Waals surface area contributed by atoms with Gasteiger partial charge in [-0.05, 0) is 13.0 Å². The molecule has 5 heteroatoms. The van der Waals surface area contributed by atoms with E-state index in [2.05, 4.69) is 15.3 Å². The Bertz CT molecular complexity index is 533. The molecule has 1 atom stereocenters. The third-order valence-electron chi connectivity index (χ3n) is 2.56. The molecule has 0 bridgehead atoms. The first-order valence-electron chi connectivity index (χ1n) is 5.58. The highest BCUT2D eigenvalue weighted by Crippen LogP contribution is 2.20. The highest BCUT2D eigenvalue weighted by atomic mass is 19.1. The zero-order valence-corrected chi connectivity index (χ0v) is 10.2. The van der Waals surface area contributed by atoms with E-state index in [0.29, 0.717) is 17.4 Å². The van der Waals surface area contributed by atoms with Gasteiger partial charge in [-0.3, -0.25) is 0 Å². The molecule has 2 aromatic rings. The number of anilines is 1. The van der Waals surface area contributed by atoms with Gasteiger partial charge in [0.1, 0.15) is 5.82 Å². The zero-order valence-electron chi connectivity index (χ0n) is 10.2. The van der Waals surface area contributed by atoms with E-state index in [4.69, 9.17) is 4.74 Å². The molecule has 1 aromatic carbocycles. The molecule has 18 heavy (non-hydrogen) atoms. The predicted molar refractivity (Wildman–Crippen MR) is 67.0 cm³/mol. The van der Waals surface area contributed by atoms with Gasteiger partial charge in [0.25, 0.3) is 0 Å². The molecule has 0 amide bonds. The maximum Gasteiger partial charge on any atom is 0.226 e. The fourth-order valence-electron chi connectivity index (χ4n) is 1.62. The van der Waals surface area contributed by atoms with Gasteiger partial charge in [0.2, 0.25) is 11.8 Å². The van der Waals surface area contributed by atoms with Crippen molar-refractivity contribution in [3.63, 3.8) is 0 Å². The van der Waals surface area contributed by atoms with Crippen LogP contribution in [0.1, 0.15) is 18.5 Å². The van der Waals surface area contributed by atoms with Gasteiger partial charge in [0, 0.05) is 17.8 Å². The minimum Gasteiger partial charge on any atom is -0.481 e. The lowest BCUT2D eigenvalue weighted by molar-refractivity contribution is 0.397. The number of aromatic nitrogens is 2. The molecule has 94 valence electrons. The molecule has 0 fully saturated rings. The number of benzene rings is 1. The molecule has 0 aliphatic carbocycles. The van der Waals surface area contributed by atoms with E-state index in [9.17, 15) is 4.39 Å². The Kier molecular flexibility index (Phi) is 3.72. The smallest absolute Gasteiger partial charge is 0.226 e. The predicted octanol–water partition coefficient (Wildman–Crippen LogP) is 2.80. The van der Waals surface area contributed by atoms with Gasteiger partial charge in [-0.15, -0.1) is 0 Å². The van der Waals surface area contributed by atoms with E-state index in [1.807, 2.05) is 6.92 Å². The van der Waals surface area contributed by atoms with Gasteiger partial charge in [-0.2, -0.15) is 4.98 Å². The Hall–Kier alpha value is -2.17. The van der Waals surface area contributed by atoms with Crippen LogP contribution in [-0.4, -0.2) is 17.1 Å². The molecule has 4 nitrogen and oxygen atoms in total. The van der Waals surface area contributed by atoms with Gasteiger partial charge in [0.15, 0.2) is 0 Å². The Morgan fingerprint density at radius 3 is 2.78 bits per heavy atom. The standard InChI is InChI=1S/C13H14FN3O/c1-9(10-5-3-4-6-11(10)14)16-13-15-8-7-12(17-13)18-2/h3-9H,1-2H3,(H,15,16,17). The van der Waals surface area contributed by atoms with Crippen LogP contribution in [-0.2, 0) is 0 Å². The summed E-state index contributed by atoms with van der Waals surface area (Å²) in [5.74, 6) is 0.624. The van der Waals surface area contributed by atoms with Crippen LogP contribution in [0.5, 0.6) is 5.88 Å². The monoisotopic (exact) mass is 247 g/mol. The van der Waals surface area contributed by atoms with Crippen molar-refractivity contribution in [1.29, 1.82) is 0 Å². The zero-order chi connectivity index (χ0) is 13.0. The number of nitrogens with zero attached hydrogens (tertiary/aromatic N) is 2. The van der Waals surface area contributed by atoms with Gasteiger partial charge in [-0.25, -0.2) is 9.37 Å². The quantitative estimate of drug-likeness (QED) is 0.902. The van der Waals surface area contributed by atoms with E-state index < -0.39 is 0 Å². The Labute approximate surface area is 105 Å². The van der Waals surface area contributed by atoms with Crippen molar-refractivity contribution in [3.05, 3.63) is 47.9 Å². The fourth-order valence-corrected chi connectivity index (χ4v) is 1.62. The van der Waals surface area contributed by atoms with E-state index in [1.54, 1.807) is 30.5 Å². The minimum atomic E-state index is -0.250. The van der Waals surface area contributed by atoms with Crippen LogP contribution in [0.25, 0.3) is 0 Å².